The summed E-state index contributed by atoms with van der Waals surface area (Å²) in [5, 5.41) is 0.459. The van der Waals surface area contributed by atoms with Crippen LogP contribution < -0.4 is 4.74 Å². The van der Waals surface area contributed by atoms with Gasteiger partial charge in [-0.3, -0.25) is 4.79 Å². The molecule has 0 bridgehead atoms. The second kappa shape index (κ2) is 5.50. The number of hydrogen-bond donors (Lipinski definition) is 0. The molecular formula is C13H12ClN3O3. The normalized spacial score (nSPS) is 18.2. The van der Waals surface area contributed by atoms with Gasteiger partial charge in [-0.15, -0.1) is 0 Å². The highest BCUT2D eigenvalue weighted by Crippen LogP contribution is 2.18. The summed E-state index contributed by atoms with van der Waals surface area (Å²) in [4.78, 5) is 21.8. The van der Waals surface area contributed by atoms with Gasteiger partial charge in [-0.05, 0) is 6.07 Å². The van der Waals surface area contributed by atoms with Crippen LogP contribution in [0.2, 0.25) is 5.02 Å². The molecule has 20 heavy (non-hydrogen) atoms. The Morgan fingerprint density at radius 1 is 1.45 bits per heavy atom. The minimum absolute atomic E-state index is 0.0538. The maximum absolute atomic E-state index is 12.1. The van der Waals surface area contributed by atoms with Crippen LogP contribution in [0, 0.1) is 0 Å². The molecule has 104 valence electrons. The zero-order chi connectivity index (χ0) is 13.9. The first kappa shape index (κ1) is 12.9. The predicted molar refractivity (Wildman–Crippen MR) is 70.7 cm³/mol. The summed E-state index contributed by atoms with van der Waals surface area (Å²) >= 11 is 5.71. The van der Waals surface area contributed by atoms with E-state index in [9.17, 15) is 4.79 Å². The van der Waals surface area contributed by atoms with Crippen molar-refractivity contribution in [2.45, 2.75) is 12.5 Å². The lowest BCUT2D eigenvalue weighted by Crippen LogP contribution is -2.30. The fourth-order valence-corrected chi connectivity index (χ4v) is 2.19. The molecule has 1 aliphatic heterocycles. The molecule has 1 aliphatic rings. The van der Waals surface area contributed by atoms with Crippen LogP contribution in [0.1, 0.15) is 16.8 Å². The fourth-order valence-electron chi connectivity index (χ4n) is 2.09. The smallest absolute Gasteiger partial charge is 0.316 e. The third-order valence-electron chi connectivity index (χ3n) is 3.07. The zero-order valence-electron chi connectivity index (χ0n) is 10.5. The van der Waals surface area contributed by atoms with Crippen molar-refractivity contribution in [1.82, 2.24) is 14.9 Å². The Bertz CT molecular complexity index is 585. The summed E-state index contributed by atoms with van der Waals surface area (Å²) in [5.74, 6) is -0.0538. The number of likely N-dealkylation sites (tertiary alicyclic amines) is 1. The predicted octanol–water partition coefficient (Wildman–Crippen LogP) is 2.02. The second-order valence-electron chi connectivity index (χ2n) is 4.48. The van der Waals surface area contributed by atoms with E-state index in [0.717, 1.165) is 6.42 Å². The molecule has 2 aromatic rings. The minimum Gasteiger partial charge on any atom is -0.472 e. The van der Waals surface area contributed by atoms with Crippen molar-refractivity contribution in [2.24, 2.45) is 0 Å². The van der Waals surface area contributed by atoms with Gasteiger partial charge in [0.05, 0.1) is 35.8 Å². The van der Waals surface area contributed by atoms with Gasteiger partial charge in [-0.1, -0.05) is 11.6 Å². The first-order chi connectivity index (χ1) is 9.72. The zero-order valence-corrected chi connectivity index (χ0v) is 11.3. The van der Waals surface area contributed by atoms with Crippen molar-refractivity contribution in [1.29, 1.82) is 0 Å². The summed E-state index contributed by atoms with van der Waals surface area (Å²) in [6.07, 6.45) is 6.53. The Balaban J connectivity index is 1.59. The van der Waals surface area contributed by atoms with Crippen LogP contribution >= 0.6 is 11.6 Å². The summed E-state index contributed by atoms with van der Waals surface area (Å²) < 4.78 is 10.5. The monoisotopic (exact) mass is 293 g/mol. The molecule has 0 spiro atoms. The highest BCUT2D eigenvalue weighted by atomic mass is 35.5. The minimum atomic E-state index is -0.105. The molecule has 1 amide bonds. The van der Waals surface area contributed by atoms with E-state index in [1.807, 2.05) is 0 Å². The van der Waals surface area contributed by atoms with Gasteiger partial charge in [0, 0.05) is 13.0 Å². The third-order valence-corrected chi connectivity index (χ3v) is 3.26. The van der Waals surface area contributed by atoms with Gasteiger partial charge in [-0.25, -0.2) is 9.97 Å². The largest absolute Gasteiger partial charge is 0.472 e. The van der Waals surface area contributed by atoms with E-state index in [1.54, 1.807) is 11.0 Å². The third kappa shape index (κ3) is 2.75. The number of nitrogens with zero attached hydrogens (tertiary/aromatic N) is 3. The van der Waals surface area contributed by atoms with Gasteiger partial charge >= 0.3 is 6.01 Å². The summed E-state index contributed by atoms with van der Waals surface area (Å²) in [6.45, 7) is 1.15. The molecule has 1 fully saturated rings. The second-order valence-corrected chi connectivity index (χ2v) is 4.91. The number of carbonyl (C=O) groups is 1. The van der Waals surface area contributed by atoms with Gasteiger partial charge in [0.1, 0.15) is 12.4 Å². The summed E-state index contributed by atoms with van der Waals surface area (Å²) in [5.41, 5.74) is 0.549. The Morgan fingerprint density at radius 3 is 2.95 bits per heavy atom. The van der Waals surface area contributed by atoms with Crippen LogP contribution in [0.5, 0.6) is 6.01 Å². The topological polar surface area (TPSA) is 68.5 Å². The molecule has 1 saturated heterocycles. The van der Waals surface area contributed by atoms with Crippen molar-refractivity contribution in [3.05, 3.63) is 41.6 Å². The molecule has 1 atom stereocenters. The lowest BCUT2D eigenvalue weighted by Gasteiger charge is -2.15. The lowest BCUT2D eigenvalue weighted by molar-refractivity contribution is 0.0769. The van der Waals surface area contributed by atoms with E-state index in [2.05, 4.69) is 9.97 Å². The molecule has 3 rings (SSSR count). The maximum atomic E-state index is 12.1. The van der Waals surface area contributed by atoms with Gasteiger partial charge in [0.25, 0.3) is 5.91 Å². The van der Waals surface area contributed by atoms with Crippen molar-refractivity contribution < 1.29 is 13.9 Å². The fraction of sp³-hybridized carbons (Fsp3) is 0.308. The van der Waals surface area contributed by atoms with Crippen molar-refractivity contribution in [2.75, 3.05) is 13.1 Å². The molecule has 0 aromatic carbocycles. The average molecular weight is 294 g/mol. The Labute approximate surface area is 120 Å². The SMILES string of the molecule is O=C(c1ccoc1)N1CC[C@@H](Oc2ncc(Cl)cn2)C1. The van der Waals surface area contributed by atoms with E-state index < -0.39 is 0 Å². The highest BCUT2D eigenvalue weighted by Gasteiger charge is 2.29. The molecule has 0 radical (unpaired) electrons. The number of halogens is 1. The molecule has 0 aliphatic carbocycles. The Hall–Kier alpha value is -2.08. The number of hydrogen-bond acceptors (Lipinski definition) is 5. The number of carbonyl (C=O) groups excluding carboxylic acids is 1. The molecule has 2 aromatic heterocycles. The van der Waals surface area contributed by atoms with Crippen LogP contribution in [-0.4, -0.2) is 40.0 Å². The molecule has 0 N–H and O–H groups in total. The van der Waals surface area contributed by atoms with Gasteiger partial charge in [0.2, 0.25) is 0 Å². The standard InChI is InChI=1S/C13H12ClN3O3/c14-10-5-15-13(16-6-10)20-11-1-3-17(7-11)12(18)9-2-4-19-8-9/h2,4-6,8,11H,1,3,7H2/t11-/m1/s1. The van der Waals surface area contributed by atoms with E-state index in [0.29, 0.717) is 23.7 Å². The summed E-state index contributed by atoms with van der Waals surface area (Å²) in [6, 6.07) is 1.93. The quantitative estimate of drug-likeness (QED) is 0.866. The van der Waals surface area contributed by atoms with Gasteiger partial charge < -0.3 is 14.1 Å². The lowest BCUT2D eigenvalue weighted by atomic mass is 10.3. The Morgan fingerprint density at radius 2 is 2.25 bits per heavy atom. The molecule has 0 saturated carbocycles. The van der Waals surface area contributed by atoms with Crippen molar-refractivity contribution >= 4 is 17.5 Å². The van der Waals surface area contributed by atoms with Crippen molar-refractivity contribution in [3.63, 3.8) is 0 Å². The van der Waals surface area contributed by atoms with Crippen molar-refractivity contribution in [3.8, 4) is 6.01 Å². The first-order valence-electron chi connectivity index (χ1n) is 6.18. The number of aromatic nitrogens is 2. The van der Waals surface area contributed by atoms with Crippen LogP contribution in [-0.2, 0) is 0 Å². The van der Waals surface area contributed by atoms with E-state index in [-0.39, 0.29) is 18.0 Å². The Kier molecular flexibility index (Phi) is 3.56. The molecule has 6 nitrogen and oxygen atoms in total. The molecular weight excluding hydrogens is 282 g/mol. The number of ether oxygens (including phenoxy) is 1. The van der Waals surface area contributed by atoms with Crippen LogP contribution in [0.3, 0.4) is 0 Å². The number of furan rings is 1. The average Bonchev–Trinajstić information content (AvgIpc) is 3.12. The van der Waals surface area contributed by atoms with Gasteiger partial charge in [0.15, 0.2) is 0 Å². The van der Waals surface area contributed by atoms with Gasteiger partial charge in [-0.2, -0.15) is 0 Å². The number of amides is 1. The van der Waals surface area contributed by atoms with Crippen LogP contribution in [0.25, 0.3) is 0 Å². The number of rotatable bonds is 3. The van der Waals surface area contributed by atoms with E-state index >= 15 is 0 Å². The highest BCUT2D eigenvalue weighted by molar-refractivity contribution is 6.30. The van der Waals surface area contributed by atoms with Crippen LogP contribution in [0.4, 0.5) is 0 Å². The molecule has 3 heterocycles. The maximum Gasteiger partial charge on any atom is 0.316 e. The van der Waals surface area contributed by atoms with E-state index in [4.69, 9.17) is 20.8 Å². The van der Waals surface area contributed by atoms with Crippen LogP contribution in [0.15, 0.2) is 35.4 Å². The molecule has 0 unspecified atom stereocenters. The first-order valence-corrected chi connectivity index (χ1v) is 6.56. The molecule has 7 heteroatoms. The van der Waals surface area contributed by atoms with E-state index in [1.165, 1.54) is 24.9 Å². The summed E-state index contributed by atoms with van der Waals surface area (Å²) in [7, 11) is 0.